The van der Waals surface area contributed by atoms with Crippen LogP contribution in [0, 0.1) is 11.3 Å². The predicted octanol–water partition coefficient (Wildman–Crippen LogP) is 2.64. The van der Waals surface area contributed by atoms with Crippen molar-refractivity contribution in [2.75, 3.05) is 21.3 Å². The fraction of sp³-hybridized carbons (Fsp3) is 0.333. The third-order valence-electron chi connectivity index (χ3n) is 4.03. The molecule has 0 saturated heterocycles. The van der Waals surface area contributed by atoms with Crippen molar-refractivity contribution in [2.24, 2.45) is 0 Å². The molecule has 6 heteroatoms. The first-order valence-electron chi connectivity index (χ1n) is 7.37. The maximum absolute atomic E-state index is 12.3. The molecule has 0 radical (unpaired) electrons. The first kappa shape index (κ1) is 17.4. The molecule has 6 nitrogen and oxygen atoms in total. The van der Waals surface area contributed by atoms with Gasteiger partial charge in [-0.3, -0.25) is 0 Å². The van der Waals surface area contributed by atoms with Crippen LogP contribution in [0.3, 0.4) is 0 Å². The van der Waals surface area contributed by atoms with E-state index in [1.54, 1.807) is 33.3 Å². The fourth-order valence-electron chi connectivity index (χ4n) is 2.89. The highest BCUT2D eigenvalue weighted by atomic mass is 16.5. The Morgan fingerprint density at radius 3 is 2.33 bits per heavy atom. The average molecular weight is 328 g/mol. The Kier molecular flexibility index (Phi) is 5.14. The van der Waals surface area contributed by atoms with E-state index in [0.29, 0.717) is 34.0 Å². The van der Waals surface area contributed by atoms with Crippen molar-refractivity contribution in [1.82, 2.24) is 5.32 Å². The zero-order valence-electron chi connectivity index (χ0n) is 14.4. The molecule has 0 amide bonds. The number of methoxy groups -OCH3 is 3. The molecule has 0 spiro atoms. The van der Waals surface area contributed by atoms with Gasteiger partial charge in [0, 0.05) is 11.4 Å². The largest absolute Gasteiger partial charge is 0.493 e. The minimum atomic E-state index is -0.525. The van der Waals surface area contributed by atoms with E-state index in [1.807, 2.05) is 13.0 Å². The summed E-state index contributed by atoms with van der Waals surface area (Å²) in [5.74, 6) is 0.114. The number of dihydropyridines is 1. The first-order valence-corrected chi connectivity index (χ1v) is 7.37. The van der Waals surface area contributed by atoms with E-state index >= 15 is 0 Å². The number of nitrogens with one attached hydrogen (secondary N) is 1. The van der Waals surface area contributed by atoms with Gasteiger partial charge in [-0.15, -0.1) is 0 Å². The summed E-state index contributed by atoms with van der Waals surface area (Å²) in [4.78, 5) is 12.3. The van der Waals surface area contributed by atoms with Gasteiger partial charge < -0.3 is 19.5 Å². The highest BCUT2D eigenvalue weighted by Crippen LogP contribution is 2.41. The zero-order valence-corrected chi connectivity index (χ0v) is 14.4. The van der Waals surface area contributed by atoms with E-state index in [1.165, 1.54) is 7.11 Å². The van der Waals surface area contributed by atoms with Crippen LogP contribution in [-0.4, -0.2) is 27.3 Å². The molecule has 2 rings (SSSR count). The lowest BCUT2D eigenvalue weighted by molar-refractivity contribution is -0.136. The Balaban J connectivity index is 2.67. The lowest BCUT2D eigenvalue weighted by Gasteiger charge is -2.28. The number of hydrogen-bond acceptors (Lipinski definition) is 6. The number of allylic oxidation sites excluding steroid dienone is 3. The van der Waals surface area contributed by atoms with Crippen LogP contribution in [0.1, 0.15) is 25.3 Å². The SMILES string of the molecule is COC(=O)C1=C(C)NC(C)=C(C#N)C1c1ccc(OC)c(OC)c1. The number of carbonyl (C=O) groups is 1. The molecule has 1 aliphatic heterocycles. The highest BCUT2D eigenvalue weighted by molar-refractivity contribution is 5.93. The number of nitrogens with zero attached hydrogens (tertiary/aromatic N) is 1. The summed E-state index contributed by atoms with van der Waals surface area (Å²) in [5, 5.41) is 12.7. The molecule has 126 valence electrons. The van der Waals surface area contributed by atoms with Crippen LogP contribution < -0.4 is 14.8 Å². The normalized spacial score (nSPS) is 17.1. The molecule has 0 aromatic heterocycles. The number of nitriles is 1. The first-order chi connectivity index (χ1) is 11.5. The van der Waals surface area contributed by atoms with Gasteiger partial charge in [-0.25, -0.2) is 4.79 Å². The molecule has 0 aliphatic carbocycles. The van der Waals surface area contributed by atoms with Gasteiger partial charge in [-0.2, -0.15) is 5.26 Å². The van der Waals surface area contributed by atoms with Gasteiger partial charge in [0.05, 0.1) is 44.5 Å². The smallest absolute Gasteiger partial charge is 0.336 e. The molecule has 1 aromatic rings. The van der Waals surface area contributed by atoms with Gasteiger partial charge in [-0.1, -0.05) is 6.07 Å². The molecule has 0 fully saturated rings. The Bertz CT molecular complexity index is 772. The van der Waals surface area contributed by atoms with E-state index < -0.39 is 11.9 Å². The third kappa shape index (κ3) is 2.93. The Morgan fingerprint density at radius 1 is 1.12 bits per heavy atom. The number of esters is 1. The minimum Gasteiger partial charge on any atom is -0.493 e. The molecular weight excluding hydrogens is 308 g/mol. The number of rotatable bonds is 4. The maximum Gasteiger partial charge on any atom is 0.336 e. The predicted molar refractivity (Wildman–Crippen MR) is 88.5 cm³/mol. The second-order valence-corrected chi connectivity index (χ2v) is 5.35. The van der Waals surface area contributed by atoms with E-state index in [-0.39, 0.29) is 0 Å². The van der Waals surface area contributed by atoms with Crippen molar-refractivity contribution >= 4 is 5.97 Å². The van der Waals surface area contributed by atoms with E-state index in [2.05, 4.69) is 11.4 Å². The second kappa shape index (κ2) is 7.09. The Hall–Kier alpha value is -2.94. The van der Waals surface area contributed by atoms with Crippen molar-refractivity contribution in [1.29, 1.82) is 5.26 Å². The molecular formula is C18H20N2O4. The van der Waals surface area contributed by atoms with Crippen LogP contribution in [0.4, 0.5) is 0 Å². The number of benzene rings is 1. The van der Waals surface area contributed by atoms with Gasteiger partial charge in [-0.05, 0) is 31.5 Å². The summed E-state index contributed by atoms with van der Waals surface area (Å²) in [5.41, 5.74) is 3.01. The molecule has 1 aliphatic rings. The zero-order chi connectivity index (χ0) is 17.9. The second-order valence-electron chi connectivity index (χ2n) is 5.35. The molecule has 1 N–H and O–H groups in total. The van der Waals surface area contributed by atoms with E-state index in [4.69, 9.17) is 14.2 Å². The third-order valence-corrected chi connectivity index (χ3v) is 4.03. The number of hydrogen-bond donors (Lipinski definition) is 1. The van der Waals surface area contributed by atoms with Crippen molar-refractivity contribution in [3.8, 4) is 17.6 Å². The van der Waals surface area contributed by atoms with Gasteiger partial charge >= 0.3 is 5.97 Å². The topological polar surface area (TPSA) is 80.6 Å². The highest BCUT2D eigenvalue weighted by Gasteiger charge is 2.34. The van der Waals surface area contributed by atoms with Gasteiger partial charge in [0.15, 0.2) is 11.5 Å². The minimum absolute atomic E-state index is 0.409. The standard InChI is InChI=1S/C18H20N2O4/c1-10-13(9-19)17(16(11(2)20-10)18(21)24-5)12-6-7-14(22-3)15(8-12)23-4/h6-8,17,20H,1-5H3. The summed E-state index contributed by atoms with van der Waals surface area (Å²) in [6.07, 6.45) is 0. The van der Waals surface area contributed by atoms with Crippen LogP contribution in [0.25, 0.3) is 0 Å². The van der Waals surface area contributed by atoms with Crippen molar-refractivity contribution < 1.29 is 19.0 Å². The summed E-state index contributed by atoms with van der Waals surface area (Å²) in [7, 11) is 4.42. The van der Waals surface area contributed by atoms with Crippen LogP contribution >= 0.6 is 0 Å². The van der Waals surface area contributed by atoms with Crippen LogP contribution in [0.5, 0.6) is 11.5 Å². The van der Waals surface area contributed by atoms with E-state index in [9.17, 15) is 10.1 Å². The number of carbonyl (C=O) groups excluding carboxylic acids is 1. The van der Waals surface area contributed by atoms with Crippen LogP contribution in [0.15, 0.2) is 40.7 Å². The lowest BCUT2D eigenvalue weighted by Crippen LogP contribution is -2.28. The summed E-state index contributed by atoms with van der Waals surface area (Å²) in [6, 6.07) is 7.55. The monoisotopic (exact) mass is 328 g/mol. The summed E-state index contributed by atoms with van der Waals surface area (Å²) < 4.78 is 15.5. The Morgan fingerprint density at radius 2 is 1.79 bits per heavy atom. The molecule has 1 atom stereocenters. The molecule has 0 saturated carbocycles. The molecule has 1 unspecified atom stereocenters. The molecule has 1 heterocycles. The maximum atomic E-state index is 12.3. The van der Waals surface area contributed by atoms with Crippen molar-refractivity contribution in [3.05, 3.63) is 46.3 Å². The summed E-state index contributed by atoms with van der Waals surface area (Å²) in [6.45, 7) is 3.60. The van der Waals surface area contributed by atoms with E-state index in [0.717, 1.165) is 5.56 Å². The molecule has 1 aromatic carbocycles. The van der Waals surface area contributed by atoms with Crippen LogP contribution in [-0.2, 0) is 9.53 Å². The van der Waals surface area contributed by atoms with Crippen molar-refractivity contribution in [2.45, 2.75) is 19.8 Å². The van der Waals surface area contributed by atoms with Gasteiger partial charge in [0.2, 0.25) is 0 Å². The van der Waals surface area contributed by atoms with Gasteiger partial charge in [0.1, 0.15) is 0 Å². The van der Waals surface area contributed by atoms with Gasteiger partial charge in [0.25, 0.3) is 0 Å². The summed E-state index contributed by atoms with van der Waals surface area (Å²) >= 11 is 0. The average Bonchev–Trinajstić information content (AvgIpc) is 2.59. The fourth-order valence-corrected chi connectivity index (χ4v) is 2.89. The van der Waals surface area contributed by atoms with Crippen LogP contribution in [0.2, 0.25) is 0 Å². The molecule has 24 heavy (non-hydrogen) atoms. The molecule has 0 bridgehead atoms. The lowest BCUT2D eigenvalue weighted by atomic mass is 9.81. The Labute approximate surface area is 141 Å². The quantitative estimate of drug-likeness (QED) is 0.856. The number of ether oxygens (including phenoxy) is 3. The van der Waals surface area contributed by atoms with Crippen molar-refractivity contribution in [3.63, 3.8) is 0 Å².